The first-order valence-electron chi connectivity index (χ1n) is 10.9. The summed E-state index contributed by atoms with van der Waals surface area (Å²) in [5, 5.41) is 2.31. The van der Waals surface area contributed by atoms with Crippen LogP contribution in [-0.2, 0) is 19.1 Å². The number of fused-ring (bicyclic) bond motifs is 5. The molecule has 3 aliphatic rings. The van der Waals surface area contributed by atoms with E-state index in [1.165, 1.54) is 12.1 Å². The van der Waals surface area contributed by atoms with Gasteiger partial charge in [-0.25, -0.2) is 4.79 Å². The van der Waals surface area contributed by atoms with Gasteiger partial charge in [-0.2, -0.15) is 0 Å². The third-order valence-electron chi connectivity index (χ3n) is 6.86. The van der Waals surface area contributed by atoms with Gasteiger partial charge in [0.25, 0.3) is 5.91 Å². The summed E-state index contributed by atoms with van der Waals surface area (Å²) in [7, 11) is 0. The summed E-state index contributed by atoms with van der Waals surface area (Å²) in [5.74, 6) is -3.21. The van der Waals surface area contributed by atoms with Gasteiger partial charge in [0, 0.05) is 10.2 Å². The Morgan fingerprint density at radius 3 is 2.31 bits per heavy atom. The molecule has 2 aromatic rings. The number of ether oxygens (including phenoxy) is 1. The zero-order valence-corrected chi connectivity index (χ0v) is 21.8. The Morgan fingerprint density at radius 1 is 1.03 bits per heavy atom. The van der Waals surface area contributed by atoms with Crippen LogP contribution in [0.15, 0.2) is 46.9 Å². The Bertz CT molecular complexity index is 1230. The van der Waals surface area contributed by atoms with Crippen LogP contribution < -0.4 is 10.2 Å². The first-order valence-corrected chi connectivity index (χ1v) is 12.9. The van der Waals surface area contributed by atoms with E-state index in [0.29, 0.717) is 21.6 Å². The summed E-state index contributed by atoms with van der Waals surface area (Å²) in [6, 6.07) is 10.9. The van der Waals surface area contributed by atoms with Crippen LogP contribution in [0.3, 0.4) is 0 Å². The summed E-state index contributed by atoms with van der Waals surface area (Å²) in [4.78, 5) is 52.2. The molecule has 6 atom stereocenters. The van der Waals surface area contributed by atoms with Crippen molar-refractivity contribution in [1.29, 1.82) is 0 Å². The fraction of sp³-hybridized carbons (Fsp3) is 0.333. The number of esters is 1. The number of nitrogens with one attached hydrogen (secondary N) is 1. The first-order chi connectivity index (χ1) is 16.7. The van der Waals surface area contributed by atoms with Gasteiger partial charge in [-0.15, -0.1) is 23.2 Å². The molecule has 35 heavy (non-hydrogen) atoms. The predicted octanol–water partition coefficient (Wildman–Crippen LogP) is 4.87. The molecule has 1 saturated heterocycles. The van der Waals surface area contributed by atoms with E-state index >= 15 is 0 Å². The third kappa shape index (κ3) is 4.24. The normalized spacial score (nSPS) is 28.9. The van der Waals surface area contributed by atoms with E-state index in [1.807, 2.05) is 0 Å². The Morgan fingerprint density at radius 2 is 1.69 bits per heavy atom. The number of hydrogen-bond donors (Lipinski definition) is 1. The lowest BCUT2D eigenvalue weighted by Crippen LogP contribution is -2.37. The van der Waals surface area contributed by atoms with Crippen molar-refractivity contribution in [2.45, 2.75) is 17.2 Å². The van der Waals surface area contributed by atoms with E-state index in [4.69, 9.17) is 39.5 Å². The van der Waals surface area contributed by atoms with Gasteiger partial charge < -0.3 is 10.1 Å². The molecule has 2 saturated carbocycles. The highest BCUT2D eigenvalue weighted by atomic mass is 79.9. The Balaban J connectivity index is 1.26. The van der Waals surface area contributed by atoms with Gasteiger partial charge >= 0.3 is 5.97 Å². The Hall–Kier alpha value is -2.13. The topological polar surface area (TPSA) is 92.8 Å². The first kappa shape index (κ1) is 24.6. The smallest absolute Gasteiger partial charge is 0.338 e. The number of imide groups is 1. The summed E-state index contributed by atoms with van der Waals surface area (Å²) in [6.45, 7) is -0.528. The molecule has 0 aromatic heterocycles. The highest BCUT2D eigenvalue weighted by Gasteiger charge is 2.66. The zero-order valence-electron chi connectivity index (χ0n) is 17.9. The zero-order chi connectivity index (χ0) is 25.0. The lowest BCUT2D eigenvalue weighted by Gasteiger charge is -2.28. The lowest BCUT2D eigenvalue weighted by atomic mass is 9.80. The maximum Gasteiger partial charge on any atom is 0.338 e. The molecule has 2 aliphatic carbocycles. The van der Waals surface area contributed by atoms with Crippen molar-refractivity contribution in [3.05, 3.63) is 57.5 Å². The monoisotopic (exact) mass is 598 g/mol. The van der Waals surface area contributed by atoms with Gasteiger partial charge in [-0.3, -0.25) is 19.3 Å². The van der Waals surface area contributed by atoms with Crippen LogP contribution in [0.5, 0.6) is 0 Å². The quantitative estimate of drug-likeness (QED) is 0.301. The molecule has 0 spiro atoms. The largest absolute Gasteiger partial charge is 0.452 e. The van der Waals surface area contributed by atoms with E-state index in [1.54, 1.807) is 30.3 Å². The van der Waals surface area contributed by atoms with E-state index in [0.717, 1.165) is 4.90 Å². The fourth-order valence-electron chi connectivity index (χ4n) is 5.36. The number of rotatable bonds is 5. The van der Waals surface area contributed by atoms with Crippen molar-refractivity contribution in [2.24, 2.45) is 23.7 Å². The van der Waals surface area contributed by atoms with Crippen LogP contribution in [0.4, 0.5) is 11.4 Å². The van der Waals surface area contributed by atoms with Crippen molar-refractivity contribution in [1.82, 2.24) is 0 Å². The van der Waals surface area contributed by atoms with Crippen LogP contribution >= 0.6 is 50.7 Å². The third-order valence-corrected chi connectivity index (χ3v) is 9.42. The number of amides is 3. The molecule has 3 fully saturated rings. The molecule has 11 heteroatoms. The van der Waals surface area contributed by atoms with E-state index in [-0.39, 0.29) is 45.7 Å². The van der Waals surface area contributed by atoms with Gasteiger partial charge in [0.2, 0.25) is 11.8 Å². The minimum atomic E-state index is -0.767. The Kier molecular flexibility index (Phi) is 6.59. The molecule has 182 valence electrons. The molecule has 7 nitrogen and oxygen atoms in total. The van der Waals surface area contributed by atoms with E-state index in [2.05, 4.69) is 21.2 Å². The highest BCUT2D eigenvalue weighted by molar-refractivity contribution is 9.10. The lowest BCUT2D eigenvalue weighted by molar-refractivity contribution is -0.123. The van der Waals surface area contributed by atoms with Crippen LogP contribution in [0.1, 0.15) is 16.8 Å². The molecule has 0 unspecified atom stereocenters. The van der Waals surface area contributed by atoms with Crippen molar-refractivity contribution in [2.75, 3.05) is 16.8 Å². The van der Waals surface area contributed by atoms with Crippen LogP contribution in [-0.4, -0.2) is 41.1 Å². The molecular formula is C24H18BrCl3N2O5. The molecule has 0 radical (unpaired) electrons. The van der Waals surface area contributed by atoms with Crippen molar-refractivity contribution in [3.8, 4) is 0 Å². The summed E-state index contributed by atoms with van der Waals surface area (Å²) in [5.41, 5.74) is 0.827. The highest BCUT2D eigenvalue weighted by Crippen LogP contribution is 2.59. The average Bonchev–Trinajstić information content (AvgIpc) is 3.44. The molecule has 1 aliphatic heterocycles. The summed E-state index contributed by atoms with van der Waals surface area (Å²) in [6.07, 6.45) is 0.671. The fourth-order valence-corrected chi connectivity index (χ4v) is 6.68. The maximum atomic E-state index is 13.2. The standard InChI is InChI=1S/C24H18BrCl3N2O5/c25-15-5-4-11(7-16(15)26)29-17(31)9-35-24(34)10-2-1-3-12(6-10)30-22(32)18-13-8-14(19(18)23(30)33)21(28)20(13)27/h1-7,13-14,18-21H,8-9H2,(H,29,31)/t13-,14-,18-,19+,20-,21+/m1/s1. The predicted molar refractivity (Wildman–Crippen MR) is 135 cm³/mol. The summed E-state index contributed by atoms with van der Waals surface area (Å²) >= 11 is 22.1. The molecular weight excluding hydrogens is 583 g/mol. The number of halogens is 4. The minimum absolute atomic E-state index is 0.105. The number of carbonyl (C=O) groups excluding carboxylic acids is 4. The molecule has 2 aromatic carbocycles. The van der Waals surface area contributed by atoms with Crippen molar-refractivity contribution in [3.63, 3.8) is 0 Å². The van der Waals surface area contributed by atoms with Gasteiger partial charge in [0.15, 0.2) is 6.61 Å². The molecule has 2 bridgehead atoms. The van der Waals surface area contributed by atoms with Crippen LogP contribution in [0, 0.1) is 23.7 Å². The molecule has 3 amide bonds. The maximum absolute atomic E-state index is 13.2. The number of benzene rings is 2. The number of anilines is 2. The second kappa shape index (κ2) is 9.39. The minimum Gasteiger partial charge on any atom is -0.452 e. The number of carbonyl (C=O) groups is 4. The molecule has 1 N–H and O–H groups in total. The van der Waals surface area contributed by atoms with E-state index in [9.17, 15) is 19.2 Å². The molecule has 5 rings (SSSR count). The van der Waals surface area contributed by atoms with Gasteiger partial charge in [0.05, 0.1) is 38.9 Å². The van der Waals surface area contributed by atoms with Gasteiger partial charge in [-0.1, -0.05) is 17.7 Å². The van der Waals surface area contributed by atoms with Crippen LogP contribution in [0.25, 0.3) is 0 Å². The van der Waals surface area contributed by atoms with Gasteiger partial charge in [-0.05, 0) is 70.6 Å². The van der Waals surface area contributed by atoms with Crippen molar-refractivity contribution < 1.29 is 23.9 Å². The number of alkyl halides is 2. The van der Waals surface area contributed by atoms with Crippen molar-refractivity contribution >= 4 is 85.8 Å². The van der Waals surface area contributed by atoms with Crippen LogP contribution in [0.2, 0.25) is 5.02 Å². The number of nitrogens with zero attached hydrogens (tertiary/aromatic N) is 1. The average molecular weight is 601 g/mol. The van der Waals surface area contributed by atoms with E-state index < -0.39 is 30.3 Å². The summed E-state index contributed by atoms with van der Waals surface area (Å²) < 4.78 is 5.80. The SMILES string of the molecule is O=C(COC(=O)c1cccc(N2C(=O)[C@@H]3[C@H]4C[C@@H]([C@H](Cl)[C@@H]4Cl)[C@@H]3C2=O)c1)Nc1ccc(Br)c(Cl)c1. The second-order valence-corrected chi connectivity index (χ2v) is 11.1. The second-order valence-electron chi connectivity index (χ2n) is 8.82. The van der Waals surface area contributed by atoms with Gasteiger partial charge in [0.1, 0.15) is 0 Å². The Labute approximate surface area is 224 Å². The molecule has 1 heterocycles. The number of hydrogen-bond acceptors (Lipinski definition) is 5.